The van der Waals surface area contributed by atoms with E-state index in [9.17, 15) is 0 Å². The first-order chi connectivity index (χ1) is 27.6. The van der Waals surface area contributed by atoms with Crippen LogP contribution in [0, 0.1) is 11.3 Å². The molecule has 2 aromatic heterocycles. The Kier molecular flexibility index (Phi) is 7.46. The van der Waals surface area contributed by atoms with Crippen LogP contribution >= 0.6 is 0 Å². The van der Waals surface area contributed by atoms with Crippen LogP contribution in [0.2, 0.25) is 0 Å². The topological polar surface area (TPSA) is 51.8 Å². The SMILES string of the molecule is CC12C=CC=CC1C(c1ccc3oc4cccc(C5C=Cc6cc(-c7nc(-c8ccccc8)nc(-c8ccc9ccccc9c8)n7)ccc6C5)c4c3c1)=CC=C2. The second-order valence-corrected chi connectivity index (χ2v) is 15.4. The van der Waals surface area contributed by atoms with Crippen LogP contribution in [0.15, 0.2) is 180 Å². The number of benzene rings is 6. The molecule has 0 aliphatic heterocycles. The molecule has 0 amide bonds. The van der Waals surface area contributed by atoms with E-state index in [0.29, 0.717) is 23.4 Å². The Morgan fingerprint density at radius 3 is 2.21 bits per heavy atom. The number of nitrogens with zero attached hydrogens (tertiary/aromatic N) is 3. The summed E-state index contributed by atoms with van der Waals surface area (Å²) in [5.74, 6) is 2.48. The molecule has 4 heteroatoms. The van der Waals surface area contributed by atoms with E-state index in [1.165, 1.54) is 44.0 Å². The molecule has 3 aliphatic carbocycles. The van der Waals surface area contributed by atoms with Crippen molar-refractivity contribution < 1.29 is 4.42 Å². The van der Waals surface area contributed by atoms with Gasteiger partial charge < -0.3 is 4.42 Å². The largest absolute Gasteiger partial charge is 0.456 e. The van der Waals surface area contributed by atoms with Crippen molar-refractivity contribution in [3.8, 4) is 34.2 Å². The number of hydrogen-bond donors (Lipinski definition) is 0. The molecule has 0 saturated carbocycles. The predicted molar refractivity (Wildman–Crippen MR) is 230 cm³/mol. The second-order valence-electron chi connectivity index (χ2n) is 15.4. The minimum absolute atomic E-state index is 0.0230. The van der Waals surface area contributed by atoms with Crippen molar-refractivity contribution in [1.29, 1.82) is 0 Å². The van der Waals surface area contributed by atoms with Crippen molar-refractivity contribution in [2.75, 3.05) is 0 Å². The van der Waals surface area contributed by atoms with Crippen LogP contribution in [0.25, 0.3) is 78.5 Å². The van der Waals surface area contributed by atoms with Gasteiger partial charge in [0, 0.05) is 44.7 Å². The second kappa shape index (κ2) is 12.9. The maximum Gasteiger partial charge on any atom is 0.164 e. The van der Waals surface area contributed by atoms with Gasteiger partial charge in [-0.25, -0.2) is 15.0 Å². The van der Waals surface area contributed by atoms with Gasteiger partial charge in [0.05, 0.1) is 0 Å². The summed E-state index contributed by atoms with van der Waals surface area (Å²) in [6.07, 6.45) is 21.3. The summed E-state index contributed by atoms with van der Waals surface area (Å²) in [5, 5.41) is 4.71. The third-order valence-electron chi connectivity index (χ3n) is 11.9. The van der Waals surface area contributed by atoms with Crippen molar-refractivity contribution in [3.05, 3.63) is 198 Å². The summed E-state index contributed by atoms with van der Waals surface area (Å²) in [4.78, 5) is 15.1. The average molecular weight is 720 g/mol. The molecule has 3 unspecified atom stereocenters. The van der Waals surface area contributed by atoms with Crippen LogP contribution in [-0.4, -0.2) is 15.0 Å². The van der Waals surface area contributed by atoms with Crippen molar-refractivity contribution in [1.82, 2.24) is 15.0 Å². The van der Waals surface area contributed by atoms with E-state index in [2.05, 4.69) is 171 Å². The van der Waals surface area contributed by atoms with Crippen molar-refractivity contribution >= 4 is 44.4 Å². The number of rotatable bonds is 5. The lowest BCUT2D eigenvalue weighted by molar-refractivity contribution is 0.464. The number of allylic oxidation sites excluding steroid dienone is 9. The predicted octanol–water partition coefficient (Wildman–Crippen LogP) is 13.0. The van der Waals surface area contributed by atoms with Gasteiger partial charge in [0.15, 0.2) is 17.5 Å². The normalized spacial score (nSPS) is 19.7. The first-order valence-corrected chi connectivity index (χ1v) is 19.4. The van der Waals surface area contributed by atoms with Gasteiger partial charge in [-0.3, -0.25) is 0 Å². The van der Waals surface area contributed by atoms with Gasteiger partial charge in [-0.1, -0.05) is 159 Å². The molecule has 0 spiro atoms. The van der Waals surface area contributed by atoms with Gasteiger partial charge in [-0.05, 0) is 75.4 Å². The molecule has 56 heavy (non-hydrogen) atoms. The molecule has 2 heterocycles. The fraction of sp³-hybridized carbons (Fsp3) is 0.0962. The Hall–Kier alpha value is -6.91. The smallest absolute Gasteiger partial charge is 0.164 e. The molecule has 6 aromatic carbocycles. The third-order valence-corrected chi connectivity index (χ3v) is 11.9. The maximum absolute atomic E-state index is 6.49. The van der Waals surface area contributed by atoms with E-state index in [1.807, 2.05) is 18.2 Å². The van der Waals surface area contributed by atoms with Crippen LogP contribution in [0.1, 0.15) is 35.1 Å². The van der Waals surface area contributed by atoms with Crippen LogP contribution < -0.4 is 0 Å². The summed E-state index contributed by atoms with van der Waals surface area (Å²) in [7, 11) is 0. The Bertz CT molecular complexity index is 3030. The molecule has 0 saturated heterocycles. The van der Waals surface area contributed by atoms with Gasteiger partial charge in [0.25, 0.3) is 0 Å². The fourth-order valence-corrected chi connectivity index (χ4v) is 8.92. The quantitative estimate of drug-likeness (QED) is 0.178. The highest BCUT2D eigenvalue weighted by atomic mass is 16.3. The monoisotopic (exact) mass is 719 g/mol. The van der Waals surface area contributed by atoms with E-state index in [0.717, 1.165) is 39.7 Å². The summed E-state index contributed by atoms with van der Waals surface area (Å²) in [6.45, 7) is 2.32. The zero-order chi connectivity index (χ0) is 37.2. The molecule has 3 aliphatic rings. The summed E-state index contributed by atoms with van der Waals surface area (Å²) in [5.41, 5.74) is 11.1. The van der Waals surface area contributed by atoms with E-state index < -0.39 is 0 Å². The Morgan fingerprint density at radius 2 is 1.34 bits per heavy atom. The third kappa shape index (κ3) is 5.48. The zero-order valence-corrected chi connectivity index (χ0v) is 30.9. The van der Waals surface area contributed by atoms with Crippen LogP contribution in [0.3, 0.4) is 0 Å². The molecule has 4 nitrogen and oxygen atoms in total. The molecule has 0 bridgehead atoms. The van der Waals surface area contributed by atoms with Crippen LogP contribution in [0.4, 0.5) is 0 Å². The van der Waals surface area contributed by atoms with E-state index in [-0.39, 0.29) is 11.3 Å². The van der Waals surface area contributed by atoms with E-state index in [4.69, 9.17) is 19.4 Å². The molecule has 266 valence electrons. The Labute approximate surface area is 325 Å². The average Bonchev–Trinajstić information content (AvgIpc) is 3.64. The van der Waals surface area contributed by atoms with Gasteiger partial charge in [-0.15, -0.1) is 0 Å². The highest BCUT2D eigenvalue weighted by molar-refractivity contribution is 6.08. The number of hydrogen-bond acceptors (Lipinski definition) is 4. The lowest BCUT2D eigenvalue weighted by Crippen LogP contribution is -2.26. The standard InChI is InChI=1S/C52H37N3O/c1-52-27-8-7-17-45(52)42(16-10-28-52)39-25-26-46-44(32-39)48-43(15-9-18-47(48)56-46)38-22-20-37-31-41(24-21-36(37)29-38)51-54-49(34-12-3-2-4-13-34)53-50(55-51)40-23-19-33-11-5-6-14-35(33)30-40/h2-28,30-32,38,45H,29H2,1H3. The Morgan fingerprint density at radius 1 is 0.589 bits per heavy atom. The molecule has 11 rings (SSSR count). The summed E-state index contributed by atoms with van der Waals surface area (Å²) in [6, 6.07) is 44.8. The minimum atomic E-state index is -0.0230. The number of fused-ring (bicyclic) bond motifs is 6. The lowest BCUT2D eigenvalue weighted by Gasteiger charge is -2.36. The molecular weight excluding hydrogens is 683 g/mol. The minimum Gasteiger partial charge on any atom is -0.456 e. The summed E-state index contributed by atoms with van der Waals surface area (Å²) >= 11 is 0. The van der Waals surface area contributed by atoms with Crippen LogP contribution in [0.5, 0.6) is 0 Å². The molecule has 0 fully saturated rings. The van der Waals surface area contributed by atoms with Gasteiger partial charge in [0.1, 0.15) is 11.2 Å². The van der Waals surface area contributed by atoms with Gasteiger partial charge in [0.2, 0.25) is 0 Å². The van der Waals surface area contributed by atoms with Crippen molar-refractivity contribution in [2.24, 2.45) is 11.3 Å². The fourth-order valence-electron chi connectivity index (χ4n) is 8.92. The van der Waals surface area contributed by atoms with Crippen LogP contribution in [-0.2, 0) is 6.42 Å². The molecular formula is C52H37N3O. The molecule has 0 radical (unpaired) electrons. The Balaban J connectivity index is 0.953. The molecule has 3 atom stereocenters. The first kappa shape index (κ1) is 32.5. The van der Waals surface area contributed by atoms with E-state index >= 15 is 0 Å². The van der Waals surface area contributed by atoms with E-state index in [1.54, 1.807) is 0 Å². The number of aromatic nitrogens is 3. The lowest BCUT2D eigenvalue weighted by atomic mass is 9.67. The highest BCUT2D eigenvalue weighted by Crippen LogP contribution is 2.47. The van der Waals surface area contributed by atoms with Gasteiger partial charge >= 0.3 is 0 Å². The highest BCUT2D eigenvalue weighted by Gasteiger charge is 2.34. The van der Waals surface area contributed by atoms with Gasteiger partial charge in [-0.2, -0.15) is 0 Å². The molecule has 0 N–H and O–H groups in total. The van der Waals surface area contributed by atoms with Crippen molar-refractivity contribution in [3.63, 3.8) is 0 Å². The summed E-state index contributed by atoms with van der Waals surface area (Å²) < 4.78 is 6.49. The maximum atomic E-state index is 6.49. The number of furan rings is 1. The zero-order valence-electron chi connectivity index (χ0n) is 30.9. The van der Waals surface area contributed by atoms with Crippen molar-refractivity contribution in [2.45, 2.75) is 19.3 Å². The molecule has 8 aromatic rings. The first-order valence-electron chi connectivity index (χ1n) is 19.4.